The summed E-state index contributed by atoms with van der Waals surface area (Å²) in [5.74, 6) is 0.291. The molecule has 1 aromatic heterocycles. The number of fused-ring (bicyclic) bond motifs is 1. The van der Waals surface area contributed by atoms with Crippen LogP contribution >= 0.6 is 0 Å². The molecule has 29 heavy (non-hydrogen) atoms. The Kier molecular flexibility index (Phi) is 4.73. The molecule has 0 N–H and O–H groups in total. The van der Waals surface area contributed by atoms with Crippen molar-refractivity contribution in [1.29, 1.82) is 0 Å². The number of methoxy groups -OCH3 is 1. The highest BCUT2D eigenvalue weighted by Gasteiger charge is 2.34. The summed E-state index contributed by atoms with van der Waals surface area (Å²) >= 11 is 0. The Hall–Kier alpha value is -3.36. The van der Waals surface area contributed by atoms with E-state index in [2.05, 4.69) is 10.3 Å². The molecule has 0 bridgehead atoms. The van der Waals surface area contributed by atoms with Gasteiger partial charge < -0.3 is 9.64 Å². The van der Waals surface area contributed by atoms with Gasteiger partial charge in [-0.2, -0.15) is 13.2 Å². The van der Waals surface area contributed by atoms with Crippen molar-refractivity contribution in [2.75, 3.05) is 18.6 Å². The minimum atomic E-state index is -4.54. The maximum absolute atomic E-state index is 13.3. The van der Waals surface area contributed by atoms with Gasteiger partial charge in [0.05, 0.1) is 24.6 Å². The van der Waals surface area contributed by atoms with Gasteiger partial charge in [-0.15, -0.1) is 5.10 Å². The third-order valence-corrected chi connectivity index (χ3v) is 4.82. The lowest BCUT2D eigenvalue weighted by molar-refractivity contribution is -0.137. The molecular weight excluding hydrogens is 385 g/mol. The number of benzene rings is 2. The van der Waals surface area contributed by atoms with E-state index in [1.165, 1.54) is 24.4 Å². The van der Waals surface area contributed by atoms with E-state index in [1.807, 2.05) is 6.07 Å². The molecule has 6 nitrogen and oxygen atoms in total. The summed E-state index contributed by atoms with van der Waals surface area (Å²) in [6.07, 6.45) is -1.75. The highest BCUT2D eigenvalue weighted by Crippen LogP contribution is 2.34. The number of ether oxygens (including phenoxy) is 1. The van der Waals surface area contributed by atoms with Gasteiger partial charge in [0.2, 0.25) is 0 Å². The first kappa shape index (κ1) is 19.0. The molecule has 0 saturated heterocycles. The Labute approximate surface area is 164 Å². The number of amides is 1. The Morgan fingerprint density at radius 1 is 1.14 bits per heavy atom. The van der Waals surface area contributed by atoms with E-state index in [0.717, 1.165) is 34.8 Å². The molecule has 0 saturated carbocycles. The fourth-order valence-electron chi connectivity index (χ4n) is 3.44. The van der Waals surface area contributed by atoms with Crippen molar-refractivity contribution in [2.24, 2.45) is 0 Å². The molecule has 0 spiro atoms. The number of carbonyl (C=O) groups excluding carboxylic acids is 1. The van der Waals surface area contributed by atoms with Gasteiger partial charge in [0.1, 0.15) is 5.75 Å². The van der Waals surface area contributed by atoms with Crippen LogP contribution in [0.2, 0.25) is 0 Å². The van der Waals surface area contributed by atoms with Crippen LogP contribution in [0.5, 0.6) is 5.75 Å². The number of anilines is 1. The Morgan fingerprint density at radius 3 is 2.69 bits per heavy atom. The van der Waals surface area contributed by atoms with Crippen LogP contribution in [0.1, 0.15) is 28.0 Å². The van der Waals surface area contributed by atoms with E-state index in [9.17, 15) is 18.0 Å². The van der Waals surface area contributed by atoms with E-state index in [-0.39, 0.29) is 11.4 Å². The summed E-state index contributed by atoms with van der Waals surface area (Å²) in [6.45, 7) is 0.490. The molecule has 0 aliphatic carbocycles. The fourth-order valence-corrected chi connectivity index (χ4v) is 3.44. The first-order valence-corrected chi connectivity index (χ1v) is 8.96. The molecule has 1 aliphatic rings. The van der Waals surface area contributed by atoms with Gasteiger partial charge in [0.25, 0.3) is 5.91 Å². The number of rotatable bonds is 3. The minimum absolute atomic E-state index is 0.0226. The molecule has 1 amide bonds. The largest absolute Gasteiger partial charge is 0.497 e. The lowest BCUT2D eigenvalue weighted by atomic mass is 10.0. The van der Waals surface area contributed by atoms with Crippen molar-refractivity contribution >= 4 is 11.6 Å². The summed E-state index contributed by atoms with van der Waals surface area (Å²) in [5.41, 5.74) is 0.659. The number of carbonyl (C=O) groups is 1. The number of hydrogen-bond donors (Lipinski definition) is 0. The van der Waals surface area contributed by atoms with E-state index < -0.39 is 17.6 Å². The quantitative estimate of drug-likeness (QED) is 0.667. The van der Waals surface area contributed by atoms with Crippen molar-refractivity contribution in [1.82, 2.24) is 15.0 Å². The average molecular weight is 402 g/mol. The number of alkyl halides is 3. The second kappa shape index (κ2) is 7.23. The van der Waals surface area contributed by atoms with Crippen LogP contribution in [-0.2, 0) is 12.6 Å². The highest BCUT2D eigenvalue weighted by atomic mass is 19.4. The van der Waals surface area contributed by atoms with Gasteiger partial charge in [-0.05, 0) is 48.7 Å². The van der Waals surface area contributed by atoms with E-state index in [0.29, 0.717) is 12.3 Å². The summed E-state index contributed by atoms with van der Waals surface area (Å²) in [5, 5.41) is 7.59. The zero-order valence-electron chi connectivity index (χ0n) is 15.5. The number of hydrogen-bond acceptors (Lipinski definition) is 4. The molecule has 150 valence electrons. The van der Waals surface area contributed by atoms with Crippen LogP contribution in [0.3, 0.4) is 0 Å². The zero-order valence-corrected chi connectivity index (χ0v) is 15.5. The molecule has 2 heterocycles. The molecule has 0 atom stereocenters. The third kappa shape index (κ3) is 3.55. The molecule has 4 rings (SSSR count). The first-order valence-electron chi connectivity index (χ1n) is 8.96. The molecule has 0 unspecified atom stereocenters. The topological polar surface area (TPSA) is 60.2 Å². The molecular formula is C20H17F3N4O2. The van der Waals surface area contributed by atoms with Crippen LogP contribution in [0.25, 0.3) is 5.69 Å². The Balaban J connectivity index is 1.66. The second-order valence-corrected chi connectivity index (χ2v) is 6.62. The van der Waals surface area contributed by atoms with Gasteiger partial charge >= 0.3 is 6.18 Å². The van der Waals surface area contributed by atoms with Crippen molar-refractivity contribution in [2.45, 2.75) is 19.0 Å². The van der Waals surface area contributed by atoms with Gasteiger partial charge in [-0.25, -0.2) is 4.68 Å². The average Bonchev–Trinajstić information content (AvgIpc) is 3.22. The van der Waals surface area contributed by atoms with Crippen molar-refractivity contribution in [3.8, 4) is 11.4 Å². The predicted octanol–water partition coefficient (Wildman–Crippen LogP) is 3.89. The van der Waals surface area contributed by atoms with Crippen LogP contribution < -0.4 is 9.64 Å². The van der Waals surface area contributed by atoms with Gasteiger partial charge in [-0.3, -0.25) is 4.79 Å². The molecule has 9 heteroatoms. The monoisotopic (exact) mass is 402 g/mol. The zero-order chi connectivity index (χ0) is 20.6. The standard InChI is InChI=1S/C20H17F3N4O2/c1-29-14-8-9-17-13(11-14)5-4-10-26(17)19(28)16-12-27(25-24-16)18-7-3-2-6-15(18)20(21,22)23/h2-3,6-9,11-12H,4-5,10H2,1H3. The van der Waals surface area contributed by atoms with Crippen molar-refractivity contribution < 1.29 is 22.7 Å². The summed E-state index contributed by atoms with van der Waals surface area (Å²) in [7, 11) is 1.57. The molecule has 3 aromatic rings. The number of para-hydroxylation sites is 1. The summed E-state index contributed by atoms with van der Waals surface area (Å²) in [6, 6.07) is 10.5. The highest BCUT2D eigenvalue weighted by molar-refractivity contribution is 6.05. The van der Waals surface area contributed by atoms with Crippen LogP contribution in [0, 0.1) is 0 Å². The van der Waals surface area contributed by atoms with Gasteiger partial charge in [0, 0.05) is 12.2 Å². The number of aryl methyl sites for hydroxylation is 1. The van der Waals surface area contributed by atoms with E-state index >= 15 is 0 Å². The van der Waals surface area contributed by atoms with E-state index in [4.69, 9.17) is 4.74 Å². The number of aromatic nitrogens is 3. The molecule has 0 radical (unpaired) electrons. The summed E-state index contributed by atoms with van der Waals surface area (Å²) in [4.78, 5) is 14.6. The van der Waals surface area contributed by atoms with Gasteiger partial charge in [-0.1, -0.05) is 17.3 Å². The maximum atomic E-state index is 13.3. The predicted molar refractivity (Wildman–Crippen MR) is 99.4 cm³/mol. The summed E-state index contributed by atoms with van der Waals surface area (Å²) < 4.78 is 46.0. The van der Waals surface area contributed by atoms with Crippen molar-refractivity contribution in [3.05, 3.63) is 65.5 Å². The lowest BCUT2D eigenvalue weighted by Gasteiger charge is -2.29. The maximum Gasteiger partial charge on any atom is 0.418 e. The van der Waals surface area contributed by atoms with Crippen LogP contribution in [-0.4, -0.2) is 34.6 Å². The first-order chi connectivity index (χ1) is 13.9. The molecule has 0 fully saturated rings. The fraction of sp³-hybridized carbons (Fsp3) is 0.250. The van der Waals surface area contributed by atoms with Crippen LogP contribution in [0.4, 0.5) is 18.9 Å². The number of nitrogens with zero attached hydrogens (tertiary/aromatic N) is 4. The molecule has 1 aliphatic heterocycles. The lowest BCUT2D eigenvalue weighted by Crippen LogP contribution is -2.35. The minimum Gasteiger partial charge on any atom is -0.497 e. The normalized spacial score (nSPS) is 13.9. The number of halogens is 3. The molecule has 2 aromatic carbocycles. The Bertz CT molecular complexity index is 1060. The Morgan fingerprint density at radius 2 is 1.93 bits per heavy atom. The second-order valence-electron chi connectivity index (χ2n) is 6.62. The third-order valence-electron chi connectivity index (χ3n) is 4.82. The smallest absolute Gasteiger partial charge is 0.418 e. The van der Waals surface area contributed by atoms with Crippen LogP contribution in [0.15, 0.2) is 48.7 Å². The van der Waals surface area contributed by atoms with Crippen molar-refractivity contribution in [3.63, 3.8) is 0 Å². The van der Waals surface area contributed by atoms with Gasteiger partial charge in [0.15, 0.2) is 5.69 Å². The SMILES string of the molecule is COc1ccc2c(c1)CCCN2C(=O)c1cn(-c2ccccc2C(F)(F)F)nn1. The van der Waals surface area contributed by atoms with E-state index in [1.54, 1.807) is 24.1 Å².